The van der Waals surface area contributed by atoms with Crippen molar-refractivity contribution in [3.05, 3.63) is 106 Å². The van der Waals surface area contributed by atoms with Gasteiger partial charge in [-0.1, -0.05) is 81.5 Å². The van der Waals surface area contributed by atoms with Crippen molar-refractivity contribution in [1.29, 1.82) is 0 Å². The van der Waals surface area contributed by atoms with Gasteiger partial charge in [0, 0.05) is 5.41 Å². The van der Waals surface area contributed by atoms with Crippen LogP contribution < -0.4 is 4.74 Å². The quantitative estimate of drug-likeness (QED) is 0.402. The number of rotatable bonds is 4. The topological polar surface area (TPSA) is 9.23 Å². The van der Waals surface area contributed by atoms with Gasteiger partial charge >= 0.3 is 0 Å². The van der Waals surface area contributed by atoms with Crippen LogP contribution in [0.2, 0.25) is 0 Å². The molecule has 0 saturated heterocycles. The van der Waals surface area contributed by atoms with Crippen LogP contribution in [0.4, 0.5) is 0 Å². The zero-order valence-electron chi connectivity index (χ0n) is 24.8. The molecule has 3 atom stereocenters. The second kappa shape index (κ2) is 8.73. The van der Waals surface area contributed by atoms with Crippen LogP contribution in [0.3, 0.4) is 0 Å². The van der Waals surface area contributed by atoms with Crippen LogP contribution in [0.25, 0.3) is 16.7 Å². The Morgan fingerprint density at radius 2 is 1.71 bits per heavy atom. The Labute approximate surface area is 230 Å². The Kier molecular flexibility index (Phi) is 6.10. The minimum atomic E-state index is -0.132. The van der Waals surface area contributed by atoms with Crippen LogP contribution in [0.1, 0.15) is 78.0 Å². The van der Waals surface area contributed by atoms with E-state index in [0.717, 1.165) is 30.6 Å². The molecule has 2 aromatic rings. The summed E-state index contributed by atoms with van der Waals surface area (Å²) in [6.45, 7) is 33.1. The number of ether oxygens (including phenoxy) is 1. The van der Waals surface area contributed by atoms with Gasteiger partial charge in [-0.25, -0.2) is 0 Å². The molecule has 0 amide bonds. The summed E-state index contributed by atoms with van der Waals surface area (Å²) >= 11 is 0. The van der Waals surface area contributed by atoms with Crippen molar-refractivity contribution in [3.63, 3.8) is 0 Å². The van der Waals surface area contributed by atoms with Gasteiger partial charge in [0.05, 0.1) is 6.61 Å². The number of benzene rings is 2. The smallest absolute Gasteiger partial charge is 0.119 e. The minimum Gasteiger partial charge on any atom is -0.494 e. The Balaban J connectivity index is 1.74. The predicted octanol–water partition coefficient (Wildman–Crippen LogP) is 10.2. The lowest BCUT2D eigenvalue weighted by Gasteiger charge is -2.62. The largest absolute Gasteiger partial charge is 0.494 e. The summed E-state index contributed by atoms with van der Waals surface area (Å²) in [5.74, 6) is 0.925. The normalized spacial score (nSPS) is 28.6. The number of fused-ring (bicyclic) bond motifs is 3. The summed E-state index contributed by atoms with van der Waals surface area (Å²) in [5, 5.41) is 0. The van der Waals surface area contributed by atoms with Crippen molar-refractivity contribution < 1.29 is 4.74 Å². The van der Waals surface area contributed by atoms with Gasteiger partial charge in [0.15, 0.2) is 0 Å². The van der Waals surface area contributed by atoms with Crippen molar-refractivity contribution in [2.45, 2.75) is 74.7 Å². The summed E-state index contributed by atoms with van der Waals surface area (Å²) < 4.78 is 5.86. The first-order chi connectivity index (χ1) is 17.8. The van der Waals surface area contributed by atoms with Crippen molar-refractivity contribution in [2.24, 2.45) is 16.2 Å². The monoisotopic (exact) mass is 504 g/mol. The third-order valence-corrected chi connectivity index (χ3v) is 10.3. The lowest BCUT2D eigenvalue weighted by molar-refractivity contribution is 0.0544. The first kappa shape index (κ1) is 26.5. The number of hydrogen-bond donors (Lipinski definition) is 0. The highest BCUT2D eigenvalue weighted by atomic mass is 16.5. The van der Waals surface area contributed by atoms with E-state index in [2.05, 4.69) is 85.4 Å². The van der Waals surface area contributed by atoms with Gasteiger partial charge in [-0.3, -0.25) is 0 Å². The molecule has 5 rings (SSSR count). The molecular weight excluding hydrogens is 460 g/mol. The maximum Gasteiger partial charge on any atom is 0.119 e. The van der Waals surface area contributed by atoms with Crippen molar-refractivity contribution in [1.82, 2.24) is 0 Å². The standard InChI is InChI=1S/C37H44O/c1-12-38-29-15-13-14-28(18-29)30-17-16-23(4)33-25(6)34-27(8)37(11)26(7)32(22(2)3)24(5)19-36(37,10)21-35(34,9)20-31(30)33/h13-18H,2,6-7,12,19-21H2,1,3-5,8-11H3/t35-,36+,37-/m1/s1. The van der Waals surface area contributed by atoms with E-state index in [4.69, 9.17) is 17.9 Å². The van der Waals surface area contributed by atoms with Gasteiger partial charge in [-0.15, -0.1) is 0 Å². The van der Waals surface area contributed by atoms with Crippen molar-refractivity contribution >= 4 is 5.57 Å². The zero-order chi connectivity index (χ0) is 27.8. The Morgan fingerprint density at radius 1 is 1.00 bits per heavy atom. The fourth-order valence-corrected chi connectivity index (χ4v) is 8.73. The molecule has 1 nitrogen and oxygen atoms in total. The lowest BCUT2D eigenvalue weighted by Crippen LogP contribution is -2.52. The third-order valence-electron chi connectivity index (χ3n) is 10.3. The van der Waals surface area contributed by atoms with E-state index in [1.165, 1.54) is 61.3 Å². The first-order valence-corrected chi connectivity index (χ1v) is 14.1. The van der Waals surface area contributed by atoms with Crippen LogP contribution in [-0.2, 0) is 6.42 Å². The Bertz CT molecular complexity index is 1480. The fraction of sp³-hybridized carbons (Fsp3) is 0.405. The number of aryl methyl sites for hydroxylation is 1. The molecule has 0 bridgehead atoms. The Hall–Kier alpha value is -3.06. The SMILES string of the molecule is C=C(C)C1=C(C)C[C@@]2(C)C[C@@]3(C)Cc4c(-c5cccc(OCC)c5)ccc(C)c4C(=C)C3=C(C)[C@@]2(C)C1=C. The van der Waals surface area contributed by atoms with E-state index in [9.17, 15) is 0 Å². The van der Waals surface area contributed by atoms with Crippen LogP contribution in [-0.4, -0.2) is 6.61 Å². The van der Waals surface area contributed by atoms with Gasteiger partial charge in [0.2, 0.25) is 0 Å². The van der Waals surface area contributed by atoms with E-state index >= 15 is 0 Å². The molecule has 0 heterocycles. The molecule has 0 aliphatic heterocycles. The molecule has 0 spiro atoms. The van der Waals surface area contributed by atoms with E-state index in [1.807, 2.05) is 13.0 Å². The highest BCUT2D eigenvalue weighted by Gasteiger charge is 2.59. The summed E-state index contributed by atoms with van der Waals surface area (Å²) in [7, 11) is 0. The van der Waals surface area contributed by atoms with E-state index in [0.29, 0.717) is 6.61 Å². The average Bonchev–Trinajstić information content (AvgIpc) is 2.81. The van der Waals surface area contributed by atoms with Gasteiger partial charge in [0.25, 0.3) is 0 Å². The molecule has 3 aliphatic rings. The lowest BCUT2D eigenvalue weighted by atomic mass is 9.41. The van der Waals surface area contributed by atoms with Gasteiger partial charge in [-0.2, -0.15) is 0 Å². The van der Waals surface area contributed by atoms with Crippen LogP contribution in [0.5, 0.6) is 5.75 Å². The van der Waals surface area contributed by atoms with Crippen LogP contribution in [0.15, 0.2) is 89.6 Å². The molecule has 0 aromatic heterocycles. The Morgan fingerprint density at radius 3 is 2.37 bits per heavy atom. The molecule has 1 heteroatoms. The van der Waals surface area contributed by atoms with Crippen LogP contribution >= 0.6 is 0 Å². The van der Waals surface area contributed by atoms with Crippen LogP contribution in [0, 0.1) is 23.2 Å². The van der Waals surface area contributed by atoms with E-state index in [1.54, 1.807) is 0 Å². The molecule has 0 N–H and O–H groups in total. The molecule has 38 heavy (non-hydrogen) atoms. The summed E-state index contributed by atoms with van der Waals surface area (Å²) in [5.41, 5.74) is 15.7. The van der Waals surface area contributed by atoms with Gasteiger partial charge in [-0.05, 0) is 127 Å². The van der Waals surface area contributed by atoms with E-state index in [-0.39, 0.29) is 16.2 Å². The summed E-state index contributed by atoms with van der Waals surface area (Å²) in [6.07, 6.45) is 3.19. The molecule has 0 unspecified atom stereocenters. The number of allylic oxidation sites excluding steroid dienone is 7. The van der Waals surface area contributed by atoms with Crippen molar-refractivity contribution in [2.75, 3.05) is 6.61 Å². The third kappa shape index (κ3) is 3.50. The summed E-state index contributed by atoms with van der Waals surface area (Å²) in [4.78, 5) is 0. The molecule has 2 aromatic carbocycles. The number of hydrogen-bond acceptors (Lipinski definition) is 1. The molecule has 0 fully saturated rings. The predicted molar refractivity (Wildman–Crippen MR) is 163 cm³/mol. The second-order valence-corrected chi connectivity index (χ2v) is 12.9. The van der Waals surface area contributed by atoms with Crippen molar-refractivity contribution in [3.8, 4) is 16.9 Å². The highest BCUT2D eigenvalue weighted by molar-refractivity contribution is 5.90. The summed E-state index contributed by atoms with van der Waals surface area (Å²) in [6, 6.07) is 13.1. The highest BCUT2D eigenvalue weighted by Crippen LogP contribution is 2.70. The van der Waals surface area contributed by atoms with Gasteiger partial charge in [0.1, 0.15) is 5.75 Å². The maximum absolute atomic E-state index is 5.86. The molecule has 3 aliphatic carbocycles. The molecule has 0 radical (unpaired) electrons. The average molecular weight is 505 g/mol. The minimum absolute atomic E-state index is 0.00376. The molecule has 198 valence electrons. The fourth-order valence-electron chi connectivity index (χ4n) is 8.73. The molecular formula is C37H44O. The van der Waals surface area contributed by atoms with E-state index < -0.39 is 0 Å². The molecule has 0 saturated carbocycles. The van der Waals surface area contributed by atoms with Gasteiger partial charge < -0.3 is 4.74 Å². The first-order valence-electron chi connectivity index (χ1n) is 14.1. The maximum atomic E-state index is 5.86. The zero-order valence-corrected chi connectivity index (χ0v) is 24.8. The second-order valence-electron chi connectivity index (χ2n) is 12.9.